The zero-order valence-corrected chi connectivity index (χ0v) is 12.2. The number of phenols is 1. The molecule has 0 heterocycles. The smallest absolute Gasteiger partial charge is 0.119 e. The fraction of sp³-hybridized carbons (Fsp3) is 0.0476. The highest BCUT2D eigenvalue weighted by Gasteiger charge is 2.09. The zero-order chi connectivity index (χ0) is 14.9. The monoisotopic (exact) mass is 284 g/mol. The summed E-state index contributed by atoms with van der Waals surface area (Å²) >= 11 is 0. The van der Waals surface area contributed by atoms with Crippen molar-refractivity contribution < 1.29 is 5.11 Å². The summed E-state index contributed by atoms with van der Waals surface area (Å²) in [4.78, 5) is 0. The predicted octanol–water partition coefficient (Wildman–Crippen LogP) is 5.29. The van der Waals surface area contributed by atoms with Gasteiger partial charge < -0.3 is 5.11 Å². The molecule has 1 N–H and O–H groups in total. The topological polar surface area (TPSA) is 20.2 Å². The van der Waals surface area contributed by atoms with Gasteiger partial charge in [0, 0.05) is 12.0 Å². The Morgan fingerprint density at radius 1 is 0.591 bits per heavy atom. The largest absolute Gasteiger partial charge is 0.508 e. The molecule has 4 rings (SSSR count). The van der Waals surface area contributed by atoms with Gasteiger partial charge in [-0.3, -0.25) is 0 Å². The minimum atomic E-state index is 0.367. The molecular formula is C21H16O. The van der Waals surface area contributed by atoms with Gasteiger partial charge in [0.2, 0.25) is 0 Å². The van der Waals surface area contributed by atoms with Gasteiger partial charge in [0.25, 0.3) is 0 Å². The minimum absolute atomic E-state index is 0.367. The van der Waals surface area contributed by atoms with Crippen LogP contribution in [0.15, 0.2) is 78.9 Å². The average molecular weight is 284 g/mol. The quantitative estimate of drug-likeness (QED) is 0.530. The zero-order valence-electron chi connectivity index (χ0n) is 12.2. The lowest BCUT2D eigenvalue weighted by Crippen LogP contribution is -1.92. The van der Waals surface area contributed by atoms with Crippen LogP contribution < -0.4 is 0 Å². The second-order valence-corrected chi connectivity index (χ2v) is 5.60. The van der Waals surface area contributed by atoms with E-state index in [-0.39, 0.29) is 0 Å². The lowest BCUT2D eigenvalue weighted by Gasteiger charge is -2.11. The van der Waals surface area contributed by atoms with Crippen LogP contribution in [-0.4, -0.2) is 5.11 Å². The van der Waals surface area contributed by atoms with Crippen molar-refractivity contribution in [3.63, 3.8) is 0 Å². The fourth-order valence-electron chi connectivity index (χ4n) is 3.15. The van der Waals surface area contributed by atoms with Gasteiger partial charge in [-0.25, -0.2) is 0 Å². The van der Waals surface area contributed by atoms with Crippen LogP contribution in [0.25, 0.3) is 21.5 Å². The highest BCUT2D eigenvalue weighted by Crippen LogP contribution is 2.31. The molecular weight excluding hydrogens is 268 g/mol. The predicted molar refractivity (Wildman–Crippen MR) is 92.4 cm³/mol. The van der Waals surface area contributed by atoms with Gasteiger partial charge in [0.1, 0.15) is 5.75 Å². The molecule has 0 aliphatic rings. The summed E-state index contributed by atoms with van der Waals surface area (Å²) in [5.41, 5.74) is 2.24. The van der Waals surface area contributed by atoms with Gasteiger partial charge in [-0.15, -0.1) is 0 Å². The molecule has 106 valence electrons. The van der Waals surface area contributed by atoms with E-state index in [1.807, 2.05) is 18.2 Å². The maximum absolute atomic E-state index is 10.3. The molecule has 0 fully saturated rings. The van der Waals surface area contributed by atoms with Crippen LogP contribution in [0, 0.1) is 0 Å². The van der Waals surface area contributed by atoms with Gasteiger partial charge in [-0.05, 0) is 33.2 Å². The van der Waals surface area contributed by atoms with Crippen LogP contribution in [0.5, 0.6) is 5.75 Å². The molecule has 0 radical (unpaired) electrons. The first-order valence-electron chi connectivity index (χ1n) is 7.49. The maximum Gasteiger partial charge on any atom is 0.119 e. The third-order valence-electron chi connectivity index (χ3n) is 4.26. The number of fused-ring (bicyclic) bond motifs is 2. The van der Waals surface area contributed by atoms with E-state index in [2.05, 4.69) is 54.6 Å². The number of hydrogen-bond acceptors (Lipinski definition) is 1. The molecule has 0 aliphatic heterocycles. The molecule has 0 spiro atoms. The molecule has 0 saturated carbocycles. The van der Waals surface area contributed by atoms with Gasteiger partial charge in [0.05, 0.1) is 0 Å². The maximum atomic E-state index is 10.3. The average Bonchev–Trinajstić information content (AvgIpc) is 2.58. The fourth-order valence-corrected chi connectivity index (χ4v) is 3.15. The molecule has 0 saturated heterocycles. The Morgan fingerprint density at radius 3 is 2.05 bits per heavy atom. The molecule has 4 aromatic rings. The molecule has 0 atom stereocenters. The van der Waals surface area contributed by atoms with E-state index >= 15 is 0 Å². The molecule has 0 amide bonds. The van der Waals surface area contributed by atoms with E-state index in [9.17, 15) is 5.11 Å². The van der Waals surface area contributed by atoms with E-state index < -0.39 is 0 Å². The van der Waals surface area contributed by atoms with Crippen molar-refractivity contribution in [1.82, 2.24) is 0 Å². The van der Waals surface area contributed by atoms with Crippen molar-refractivity contribution in [3.8, 4) is 5.75 Å². The summed E-state index contributed by atoms with van der Waals surface area (Å²) in [6.07, 6.45) is 0.731. The van der Waals surface area contributed by atoms with Crippen molar-refractivity contribution in [1.29, 1.82) is 0 Å². The van der Waals surface area contributed by atoms with Crippen molar-refractivity contribution in [2.45, 2.75) is 6.42 Å². The summed E-state index contributed by atoms with van der Waals surface area (Å²) in [6.45, 7) is 0. The van der Waals surface area contributed by atoms with E-state index in [4.69, 9.17) is 0 Å². The number of benzene rings is 4. The Hall–Kier alpha value is -2.80. The van der Waals surface area contributed by atoms with Crippen LogP contribution >= 0.6 is 0 Å². The molecule has 0 unspecified atom stereocenters. The molecule has 22 heavy (non-hydrogen) atoms. The Bertz CT molecular complexity index is 964. The van der Waals surface area contributed by atoms with Gasteiger partial charge >= 0.3 is 0 Å². The van der Waals surface area contributed by atoms with Gasteiger partial charge in [-0.2, -0.15) is 0 Å². The first-order valence-corrected chi connectivity index (χ1v) is 7.49. The normalized spacial score (nSPS) is 11.1. The second kappa shape index (κ2) is 5.19. The minimum Gasteiger partial charge on any atom is -0.508 e. The lowest BCUT2D eigenvalue weighted by molar-refractivity contribution is 0.470. The van der Waals surface area contributed by atoms with Crippen molar-refractivity contribution in [2.75, 3.05) is 0 Å². The van der Waals surface area contributed by atoms with Gasteiger partial charge in [0.15, 0.2) is 0 Å². The van der Waals surface area contributed by atoms with E-state index in [0.717, 1.165) is 22.8 Å². The van der Waals surface area contributed by atoms with E-state index in [0.29, 0.717) is 5.75 Å². The SMILES string of the molecule is Oc1ccc2ccccc2c1Cc1cccc2ccccc12. The standard InChI is InChI=1S/C21H16O/c22-21-13-12-16-7-2-4-11-19(16)20(21)14-17-9-5-8-15-6-1-3-10-18(15)17/h1-13,22H,14H2. The van der Waals surface area contributed by atoms with Crippen LogP contribution in [0.4, 0.5) is 0 Å². The summed E-state index contributed by atoms with van der Waals surface area (Å²) < 4.78 is 0. The molecule has 0 bridgehead atoms. The second-order valence-electron chi connectivity index (χ2n) is 5.60. The molecule has 0 aromatic heterocycles. The highest BCUT2D eigenvalue weighted by molar-refractivity contribution is 5.90. The molecule has 1 nitrogen and oxygen atoms in total. The van der Waals surface area contributed by atoms with Crippen molar-refractivity contribution in [2.24, 2.45) is 0 Å². The lowest BCUT2D eigenvalue weighted by atomic mass is 9.94. The molecule has 0 aliphatic carbocycles. The third-order valence-corrected chi connectivity index (χ3v) is 4.26. The Kier molecular flexibility index (Phi) is 3.05. The summed E-state index contributed by atoms with van der Waals surface area (Å²) in [7, 11) is 0. The summed E-state index contributed by atoms with van der Waals surface area (Å²) in [5, 5.41) is 15.1. The Balaban J connectivity index is 1.91. The van der Waals surface area contributed by atoms with Crippen LogP contribution in [0.2, 0.25) is 0 Å². The van der Waals surface area contributed by atoms with Crippen LogP contribution in [0.1, 0.15) is 11.1 Å². The van der Waals surface area contributed by atoms with Gasteiger partial charge in [-0.1, -0.05) is 72.8 Å². The highest BCUT2D eigenvalue weighted by atomic mass is 16.3. The first-order chi connectivity index (χ1) is 10.8. The molecule has 1 heteroatoms. The van der Waals surface area contributed by atoms with Crippen molar-refractivity contribution in [3.05, 3.63) is 90.0 Å². The number of hydrogen-bond donors (Lipinski definition) is 1. The number of phenolic OH excluding ortho intramolecular Hbond substituents is 1. The van der Waals surface area contributed by atoms with Crippen LogP contribution in [0.3, 0.4) is 0 Å². The Morgan fingerprint density at radius 2 is 1.23 bits per heavy atom. The third kappa shape index (κ3) is 2.11. The Labute approximate surface area is 129 Å². The number of aromatic hydroxyl groups is 1. The summed E-state index contributed by atoms with van der Waals surface area (Å²) in [6, 6.07) is 26.7. The summed E-state index contributed by atoms with van der Waals surface area (Å²) in [5.74, 6) is 0.367. The first kappa shape index (κ1) is 12.9. The van der Waals surface area contributed by atoms with Crippen LogP contribution in [-0.2, 0) is 6.42 Å². The van der Waals surface area contributed by atoms with E-state index in [1.165, 1.54) is 16.3 Å². The molecule has 4 aromatic carbocycles. The van der Waals surface area contributed by atoms with Crippen molar-refractivity contribution >= 4 is 21.5 Å². The number of rotatable bonds is 2. The van der Waals surface area contributed by atoms with E-state index in [1.54, 1.807) is 6.07 Å².